The maximum Gasteiger partial charge on any atom is 0.243 e. The summed E-state index contributed by atoms with van der Waals surface area (Å²) in [4.78, 5) is 35.2. The Morgan fingerprint density at radius 1 is 1.25 bits per heavy atom. The number of allylic oxidation sites excluding steroid dienone is 1. The van der Waals surface area contributed by atoms with Gasteiger partial charge < -0.3 is 16.4 Å². The van der Waals surface area contributed by atoms with Gasteiger partial charge in [-0.2, -0.15) is 0 Å². The fourth-order valence-electron chi connectivity index (χ4n) is 2.18. The highest BCUT2D eigenvalue weighted by Crippen LogP contribution is 2.10. The number of carbonyl (C=O) groups excluding carboxylic acids is 3. The molecule has 0 bridgehead atoms. The van der Waals surface area contributed by atoms with Crippen LogP contribution in [0.25, 0.3) is 0 Å². The van der Waals surface area contributed by atoms with Crippen LogP contribution < -0.4 is 16.4 Å². The van der Waals surface area contributed by atoms with Crippen molar-refractivity contribution in [3.63, 3.8) is 0 Å². The number of amides is 3. The zero-order valence-corrected chi connectivity index (χ0v) is 13.5. The minimum absolute atomic E-state index is 0.0367. The summed E-state index contributed by atoms with van der Waals surface area (Å²) >= 11 is 0. The molecule has 0 spiro atoms. The van der Waals surface area contributed by atoms with Crippen LogP contribution in [0.5, 0.6) is 0 Å². The lowest BCUT2D eigenvalue weighted by molar-refractivity contribution is -0.130. The molecule has 0 radical (unpaired) electrons. The van der Waals surface area contributed by atoms with Gasteiger partial charge in [0, 0.05) is 13.3 Å². The quantitative estimate of drug-likeness (QED) is 0.582. The number of halogens is 1. The van der Waals surface area contributed by atoms with E-state index >= 15 is 0 Å². The van der Waals surface area contributed by atoms with Gasteiger partial charge in [0.25, 0.3) is 0 Å². The molecule has 1 aromatic rings. The highest BCUT2D eigenvalue weighted by atomic mass is 19.1. The number of nitrogens with one attached hydrogen (secondary N) is 2. The summed E-state index contributed by atoms with van der Waals surface area (Å²) in [6.45, 7) is 4.80. The van der Waals surface area contributed by atoms with Crippen LogP contribution in [0.15, 0.2) is 36.9 Å². The van der Waals surface area contributed by atoms with Crippen molar-refractivity contribution in [1.82, 2.24) is 10.6 Å². The molecule has 24 heavy (non-hydrogen) atoms. The van der Waals surface area contributed by atoms with Gasteiger partial charge in [0.2, 0.25) is 17.7 Å². The topological polar surface area (TPSA) is 101 Å². The second-order valence-electron chi connectivity index (χ2n) is 5.38. The molecule has 1 aromatic carbocycles. The van der Waals surface area contributed by atoms with E-state index in [0.717, 1.165) is 0 Å². The van der Waals surface area contributed by atoms with Crippen molar-refractivity contribution in [2.45, 2.75) is 38.3 Å². The van der Waals surface area contributed by atoms with Crippen LogP contribution in [0, 0.1) is 5.82 Å². The van der Waals surface area contributed by atoms with Crippen molar-refractivity contribution in [3.05, 3.63) is 48.3 Å². The Bertz CT molecular complexity index is 619. The van der Waals surface area contributed by atoms with Gasteiger partial charge in [-0.05, 0) is 24.5 Å². The van der Waals surface area contributed by atoms with E-state index in [2.05, 4.69) is 17.2 Å². The molecule has 0 aliphatic carbocycles. The van der Waals surface area contributed by atoms with Crippen molar-refractivity contribution in [2.75, 3.05) is 0 Å². The Kier molecular flexibility index (Phi) is 7.61. The molecule has 3 amide bonds. The number of hydrogen-bond acceptors (Lipinski definition) is 3. The summed E-state index contributed by atoms with van der Waals surface area (Å²) in [5, 5.41) is 4.96. The Labute approximate surface area is 140 Å². The van der Waals surface area contributed by atoms with Gasteiger partial charge in [-0.1, -0.05) is 24.3 Å². The fourth-order valence-corrected chi connectivity index (χ4v) is 2.18. The van der Waals surface area contributed by atoms with Crippen LogP contribution in [-0.2, 0) is 20.8 Å². The summed E-state index contributed by atoms with van der Waals surface area (Å²) in [5.74, 6) is -2.19. The largest absolute Gasteiger partial charge is 0.368 e. The van der Waals surface area contributed by atoms with Crippen LogP contribution >= 0.6 is 0 Å². The minimum atomic E-state index is -1.01. The lowest BCUT2D eigenvalue weighted by atomic mass is 10.0. The Morgan fingerprint density at radius 3 is 2.46 bits per heavy atom. The molecule has 6 nitrogen and oxygen atoms in total. The zero-order valence-electron chi connectivity index (χ0n) is 13.5. The standard InChI is InChI=1S/C17H22FN3O3/c1-3-4-9-14(16(19)23)21-17(24)15(20-11(2)22)10-12-7-5-6-8-13(12)18/h3,5-8,14-15H,1,4,9-10H2,2H3,(H2,19,23)(H,20,22)(H,21,24)/t14-,15-/m1/s1. The van der Waals surface area contributed by atoms with E-state index in [9.17, 15) is 18.8 Å². The van der Waals surface area contributed by atoms with Crippen molar-refractivity contribution in [2.24, 2.45) is 5.73 Å². The first kappa shape index (κ1) is 19.3. The zero-order chi connectivity index (χ0) is 18.1. The van der Waals surface area contributed by atoms with Crippen molar-refractivity contribution in [1.29, 1.82) is 0 Å². The summed E-state index contributed by atoms with van der Waals surface area (Å²) in [6.07, 6.45) is 2.36. The van der Waals surface area contributed by atoms with E-state index in [4.69, 9.17) is 5.73 Å². The summed E-state index contributed by atoms with van der Waals surface area (Å²) < 4.78 is 13.8. The molecule has 0 fully saturated rings. The maximum absolute atomic E-state index is 13.8. The van der Waals surface area contributed by atoms with Gasteiger partial charge in [-0.3, -0.25) is 14.4 Å². The maximum atomic E-state index is 13.8. The number of carbonyl (C=O) groups is 3. The fraction of sp³-hybridized carbons (Fsp3) is 0.353. The minimum Gasteiger partial charge on any atom is -0.368 e. The Hall–Kier alpha value is -2.70. The number of benzene rings is 1. The Balaban J connectivity index is 2.87. The van der Waals surface area contributed by atoms with Crippen LogP contribution in [0.4, 0.5) is 4.39 Å². The molecular formula is C17H22FN3O3. The van der Waals surface area contributed by atoms with Crippen LogP contribution in [0.2, 0.25) is 0 Å². The number of primary amides is 1. The lowest BCUT2D eigenvalue weighted by Gasteiger charge is -2.21. The molecule has 7 heteroatoms. The monoisotopic (exact) mass is 335 g/mol. The van der Waals surface area contributed by atoms with E-state index < -0.39 is 35.6 Å². The third-order valence-corrected chi connectivity index (χ3v) is 3.40. The van der Waals surface area contributed by atoms with Crippen LogP contribution in [0.3, 0.4) is 0 Å². The highest BCUT2D eigenvalue weighted by Gasteiger charge is 2.25. The van der Waals surface area contributed by atoms with Gasteiger partial charge in [-0.15, -0.1) is 6.58 Å². The van der Waals surface area contributed by atoms with E-state index in [-0.39, 0.29) is 12.0 Å². The number of nitrogens with two attached hydrogens (primary N) is 1. The highest BCUT2D eigenvalue weighted by molar-refractivity contribution is 5.91. The molecule has 0 aliphatic heterocycles. The first-order valence-corrected chi connectivity index (χ1v) is 7.56. The molecule has 0 aromatic heterocycles. The molecule has 0 aliphatic rings. The SMILES string of the molecule is C=CCC[C@@H](NC(=O)[C@@H](Cc1ccccc1F)NC(C)=O)C(N)=O. The van der Waals surface area contributed by atoms with Crippen molar-refractivity contribution < 1.29 is 18.8 Å². The molecule has 0 saturated heterocycles. The van der Waals surface area contributed by atoms with Crippen LogP contribution in [0.1, 0.15) is 25.3 Å². The molecule has 0 unspecified atom stereocenters. The predicted molar refractivity (Wildman–Crippen MR) is 88.3 cm³/mol. The normalized spacial score (nSPS) is 12.8. The van der Waals surface area contributed by atoms with E-state index in [1.54, 1.807) is 12.1 Å². The van der Waals surface area contributed by atoms with Gasteiger partial charge in [0.05, 0.1) is 0 Å². The second-order valence-corrected chi connectivity index (χ2v) is 5.38. The summed E-state index contributed by atoms with van der Waals surface area (Å²) in [5.41, 5.74) is 5.55. The average Bonchev–Trinajstić information content (AvgIpc) is 2.51. The molecule has 0 heterocycles. The third-order valence-electron chi connectivity index (χ3n) is 3.40. The molecule has 1 rings (SSSR count). The average molecular weight is 335 g/mol. The first-order chi connectivity index (χ1) is 11.3. The molecule has 0 saturated carbocycles. The van der Waals surface area contributed by atoms with Crippen molar-refractivity contribution in [3.8, 4) is 0 Å². The van der Waals surface area contributed by atoms with Gasteiger partial charge in [-0.25, -0.2) is 4.39 Å². The first-order valence-electron chi connectivity index (χ1n) is 7.56. The molecule has 4 N–H and O–H groups in total. The smallest absolute Gasteiger partial charge is 0.243 e. The third kappa shape index (κ3) is 6.20. The van der Waals surface area contributed by atoms with Crippen LogP contribution in [-0.4, -0.2) is 29.8 Å². The number of hydrogen-bond donors (Lipinski definition) is 3. The molecule has 130 valence electrons. The second kappa shape index (κ2) is 9.44. The Morgan fingerprint density at radius 2 is 1.92 bits per heavy atom. The lowest BCUT2D eigenvalue weighted by Crippen LogP contribution is -2.53. The molecule has 2 atom stereocenters. The summed E-state index contributed by atoms with van der Waals surface area (Å²) in [7, 11) is 0. The van der Waals surface area contributed by atoms with E-state index in [1.807, 2.05) is 0 Å². The molecular weight excluding hydrogens is 313 g/mol. The van der Waals surface area contributed by atoms with Gasteiger partial charge in [0.15, 0.2) is 0 Å². The van der Waals surface area contributed by atoms with Gasteiger partial charge >= 0.3 is 0 Å². The summed E-state index contributed by atoms with van der Waals surface area (Å²) in [6, 6.07) is 4.08. The van der Waals surface area contributed by atoms with Crippen molar-refractivity contribution >= 4 is 17.7 Å². The number of rotatable bonds is 9. The predicted octanol–water partition coefficient (Wildman–Crippen LogP) is 0.809. The van der Waals surface area contributed by atoms with Gasteiger partial charge in [0.1, 0.15) is 17.9 Å². The van der Waals surface area contributed by atoms with E-state index in [0.29, 0.717) is 12.8 Å². The van der Waals surface area contributed by atoms with E-state index in [1.165, 1.54) is 25.1 Å².